The number of halogens is 1. The van der Waals surface area contributed by atoms with Gasteiger partial charge in [-0.2, -0.15) is 0 Å². The summed E-state index contributed by atoms with van der Waals surface area (Å²) in [6, 6.07) is 0. The first-order valence-corrected chi connectivity index (χ1v) is 5.28. The minimum Gasteiger partial charge on any atom is -0.360 e. The molecule has 1 aromatic rings. The maximum absolute atomic E-state index is 5.93. The molecule has 1 aromatic heterocycles. The van der Waals surface area contributed by atoms with E-state index in [1.165, 1.54) is 11.3 Å². The van der Waals surface area contributed by atoms with Crippen LogP contribution in [0.25, 0.3) is 0 Å². The number of rotatable bonds is 5. The van der Waals surface area contributed by atoms with E-state index in [1.54, 1.807) is 5.51 Å². The van der Waals surface area contributed by atoms with Crippen LogP contribution < -0.4 is 5.32 Å². The van der Waals surface area contributed by atoms with Crippen LogP contribution in [0.4, 0.5) is 5.13 Å². The highest BCUT2D eigenvalue weighted by Crippen LogP contribution is 2.10. The lowest BCUT2D eigenvalue weighted by molar-refractivity contribution is 0.752. The predicted octanol–water partition coefficient (Wildman–Crippen LogP) is 2.36. The third-order valence-electron chi connectivity index (χ3n) is 1.54. The maximum atomic E-state index is 5.93. The van der Waals surface area contributed by atoms with Crippen LogP contribution in [0.15, 0.2) is 5.51 Å². The Morgan fingerprint density at radius 1 is 1.75 bits per heavy atom. The molecule has 1 N–H and O–H groups in total. The van der Waals surface area contributed by atoms with Crippen LogP contribution in [0.5, 0.6) is 0 Å². The molecule has 0 saturated heterocycles. The van der Waals surface area contributed by atoms with Crippen LogP contribution in [0, 0.1) is 0 Å². The van der Waals surface area contributed by atoms with Crippen molar-refractivity contribution in [1.82, 2.24) is 10.2 Å². The van der Waals surface area contributed by atoms with E-state index in [1.807, 2.05) is 0 Å². The third-order valence-corrected chi connectivity index (χ3v) is 2.71. The summed E-state index contributed by atoms with van der Waals surface area (Å²) in [5.74, 6) is 0. The molecule has 0 spiro atoms. The van der Waals surface area contributed by atoms with Crippen molar-refractivity contribution in [3.63, 3.8) is 0 Å². The zero-order chi connectivity index (χ0) is 8.81. The van der Waals surface area contributed by atoms with Crippen molar-refractivity contribution in [2.45, 2.75) is 25.1 Å². The Hall–Kier alpha value is -0.350. The van der Waals surface area contributed by atoms with Crippen LogP contribution in [-0.2, 0) is 0 Å². The largest absolute Gasteiger partial charge is 0.360 e. The van der Waals surface area contributed by atoms with E-state index >= 15 is 0 Å². The molecule has 68 valence electrons. The first kappa shape index (κ1) is 9.74. The molecule has 0 aliphatic carbocycles. The molecule has 0 bridgehead atoms. The predicted molar refractivity (Wildman–Crippen MR) is 52.9 cm³/mol. The van der Waals surface area contributed by atoms with Crippen molar-refractivity contribution in [3.05, 3.63) is 5.51 Å². The second-order valence-electron chi connectivity index (χ2n) is 2.46. The van der Waals surface area contributed by atoms with Crippen molar-refractivity contribution in [2.75, 3.05) is 11.9 Å². The highest BCUT2D eigenvalue weighted by molar-refractivity contribution is 7.13. The van der Waals surface area contributed by atoms with Crippen LogP contribution >= 0.6 is 22.9 Å². The van der Waals surface area contributed by atoms with Gasteiger partial charge >= 0.3 is 0 Å². The van der Waals surface area contributed by atoms with Crippen LogP contribution in [0.1, 0.15) is 19.8 Å². The third kappa shape index (κ3) is 3.36. The Balaban J connectivity index is 2.11. The van der Waals surface area contributed by atoms with E-state index in [9.17, 15) is 0 Å². The zero-order valence-electron chi connectivity index (χ0n) is 6.96. The average molecular weight is 206 g/mol. The van der Waals surface area contributed by atoms with E-state index < -0.39 is 0 Å². The van der Waals surface area contributed by atoms with E-state index in [0.29, 0.717) is 0 Å². The van der Waals surface area contributed by atoms with Gasteiger partial charge < -0.3 is 5.32 Å². The lowest BCUT2D eigenvalue weighted by atomic mass is 10.2. The minimum absolute atomic E-state index is 0.269. The lowest BCUT2D eigenvalue weighted by Gasteiger charge is -2.05. The molecule has 0 amide bonds. The normalized spacial score (nSPS) is 12.8. The Kier molecular flexibility index (Phi) is 4.32. The van der Waals surface area contributed by atoms with Crippen LogP contribution in [-0.4, -0.2) is 22.1 Å². The quantitative estimate of drug-likeness (QED) is 0.750. The summed E-state index contributed by atoms with van der Waals surface area (Å²) >= 11 is 7.44. The molecular weight excluding hydrogens is 194 g/mol. The number of alkyl halides is 1. The van der Waals surface area contributed by atoms with Gasteiger partial charge in [0.25, 0.3) is 0 Å². The number of nitrogens with one attached hydrogen (secondary N) is 1. The van der Waals surface area contributed by atoms with Gasteiger partial charge in [0.2, 0.25) is 5.13 Å². The topological polar surface area (TPSA) is 37.8 Å². The highest BCUT2D eigenvalue weighted by atomic mass is 35.5. The monoisotopic (exact) mass is 205 g/mol. The van der Waals surface area contributed by atoms with Gasteiger partial charge in [-0.15, -0.1) is 21.8 Å². The molecule has 0 aromatic carbocycles. The molecule has 1 atom stereocenters. The number of hydrogen-bond acceptors (Lipinski definition) is 4. The van der Waals surface area contributed by atoms with Crippen molar-refractivity contribution in [1.29, 1.82) is 0 Å². The second kappa shape index (κ2) is 5.32. The van der Waals surface area contributed by atoms with Gasteiger partial charge in [0.05, 0.1) is 0 Å². The standard InChI is InChI=1S/C7H12ClN3S/c1-2-6(8)3-4-9-7-11-10-5-12-7/h5-6H,2-4H2,1H3,(H,9,11). The van der Waals surface area contributed by atoms with Gasteiger partial charge in [-0.3, -0.25) is 0 Å². The van der Waals surface area contributed by atoms with Gasteiger partial charge in [-0.05, 0) is 12.8 Å². The van der Waals surface area contributed by atoms with Gasteiger partial charge in [-0.1, -0.05) is 18.3 Å². The van der Waals surface area contributed by atoms with E-state index in [-0.39, 0.29) is 5.38 Å². The lowest BCUT2D eigenvalue weighted by Crippen LogP contribution is -2.07. The highest BCUT2D eigenvalue weighted by Gasteiger charge is 2.00. The fourth-order valence-electron chi connectivity index (χ4n) is 0.790. The molecule has 0 saturated carbocycles. The zero-order valence-corrected chi connectivity index (χ0v) is 8.53. The second-order valence-corrected chi connectivity index (χ2v) is 3.92. The average Bonchev–Trinajstić information content (AvgIpc) is 2.57. The number of aromatic nitrogens is 2. The number of hydrogen-bond donors (Lipinski definition) is 1. The maximum Gasteiger partial charge on any atom is 0.205 e. The molecule has 0 radical (unpaired) electrons. The van der Waals surface area contributed by atoms with Gasteiger partial charge in [-0.25, -0.2) is 0 Å². The summed E-state index contributed by atoms with van der Waals surface area (Å²) in [6.45, 7) is 2.96. The molecule has 5 heteroatoms. The Labute approximate surface area is 81.2 Å². The molecular formula is C7H12ClN3S. The molecule has 12 heavy (non-hydrogen) atoms. The fourth-order valence-corrected chi connectivity index (χ4v) is 1.37. The van der Waals surface area contributed by atoms with Crippen molar-refractivity contribution in [3.8, 4) is 0 Å². The summed E-state index contributed by atoms with van der Waals surface area (Å²) < 4.78 is 0. The van der Waals surface area contributed by atoms with Gasteiger partial charge in [0.15, 0.2) is 0 Å². The smallest absolute Gasteiger partial charge is 0.205 e. The summed E-state index contributed by atoms with van der Waals surface area (Å²) in [6.07, 6.45) is 1.98. The fraction of sp³-hybridized carbons (Fsp3) is 0.714. The molecule has 0 fully saturated rings. The van der Waals surface area contributed by atoms with Crippen molar-refractivity contribution >= 4 is 28.1 Å². The van der Waals surface area contributed by atoms with Crippen LogP contribution in [0.2, 0.25) is 0 Å². The molecule has 0 aliphatic rings. The van der Waals surface area contributed by atoms with E-state index in [4.69, 9.17) is 11.6 Å². The Bertz CT molecular complexity index is 202. The van der Waals surface area contributed by atoms with E-state index in [0.717, 1.165) is 24.5 Å². The summed E-state index contributed by atoms with van der Waals surface area (Å²) in [5.41, 5.74) is 1.71. The van der Waals surface area contributed by atoms with Crippen molar-refractivity contribution < 1.29 is 0 Å². The SMILES string of the molecule is CCC(Cl)CCNc1nncs1. The number of nitrogens with zero attached hydrogens (tertiary/aromatic N) is 2. The molecule has 1 heterocycles. The first-order valence-electron chi connectivity index (χ1n) is 3.97. The van der Waals surface area contributed by atoms with Gasteiger partial charge in [0.1, 0.15) is 5.51 Å². The van der Waals surface area contributed by atoms with Crippen LogP contribution in [0.3, 0.4) is 0 Å². The first-order chi connectivity index (χ1) is 5.83. The van der Waals surface area contributed by atoms with Crippen molar-refractivity contribution in [2.24, 2.45) is 0 Å². The molecule has 0 aliphatic heterocycles. The number of anilines is 1. The molecule has 1 rings (SSSR count). The summed E-state index contributed by atoms with van der Waals surface area (Å²) in [4.78, 5) is 0. The van der Waals surface area contributed by atoms with E-state index in [2.05, 4.69) is 22.4 Å². The summed E-state index contributed by atoms with van der Waals surface area (Å²) in [7, 11) is 0. The van der Waals surface area contributed by atoms with Gasteiger partial charge in [0, 0.05) is 11.9 Å². The Morgan fingerprint density at radius 3 is 3.17 bits per heavy atom. The molecule has 3 nitrogen and oxygen atoms in total. The Morgan fingerprint density at radius 2 is 2.58 bits per heavy atom. The molecule has 1 unspecified atom stereocenters. The minimum atomic E-state index is 0.269. The summed E-state index contributed by atoms with van der Waals surface area (Å²) in [5, 5.41) is 11.9.